The Bertz CT molecular complexity index is 853. The van der Waals surface area contributed by atoms with Gasteiger partial charge in [-0.25, -0.2) is 4.98 Å². The molecule has 0 aromatic carbocycles. The maximum absolute atomic E-state index is 10.9. The Morgan fingerprint density at radius 2 is 1.94 bits per heavy atom. The molecule has 1 saturated heterocycles. The minimum atomic E-state index is -0.437. The number of hydrogen-bond acceptors (Lipinski definition) is 6. The zero-order valence-electron chi connectivity index (χ0n) is 18.7. The molecule has 1 aliphatic heterocycles. The molecule has 3 atom stereocenters. The standard InChI is InChI=1S/C24H34N6O/c1-16-3-4-21(26-14-16)30-7-5-29(6-8-30)17(2)23(27-15-25)28-22-19-9-18-10-20(22)13-24(31,11-18)12-19/h3-4,14,17-20,22,31H,5-13H2,1-2H3,(H,27,28). The minimum absolute atomic E-state index is 0.0769. The Morgan fingerprint density at radius 3 is 2.52 bits per heavy atom. The van der Waals surface area contributed by atoms with E-state index in [2.05, 4.69) is 51.1 Å². The first-order valence-electron chi connectivity index (χ1n) is 11.8. The van der Waals surface area contributed by atoms with Gasteiger partial charge in [-0.1, -0.05) is 6.07 Å². The van der Waals surface area contributed by atoms with Crippen LogP contribution in [0.5, 0.6) is 0 Å². The lowest BCUT2D eigenvalue weighted by Gasteiger charge is -2.58. The number of pyridine rings is 1. The molecule has 0 spiro atoms. The van der Waals surface area contributed by atoms with Crippen molar-refractivity contribution in [2.45, 2.75) is 63.6 Å². The van der Waals surface area contributed by atoms with Crippen molar-refractivity contribution >= 4 is 11.7 Å². The molecule has 5 aliphatic rings. The Kier molecular flexibility index (Phi) is 5.39. The van der Waals surface area contributed by atoms with Crippen LogP contribution in [-0.2, 0) is 0 Å². The molecule has 5 fully saturated rings. The predicted molar refractivity (Wildman–Crippen MR) is 121 cm³/mol. The number of aliphatic imine (C=N–C) groups is 1. The molecule has 0 radical (unpaired) electrons. The van der Waals surface area contributed by atoms with Gasteiger partial charge in [-0.3, -0.25) is 4.90 Å². The molecule has 4 saturated carbocycles. The van der Waals surface area contributed by atoms with Crippen LogP contribution in [0.1, 0.15) is 44.6 Å². The predicted octanol–water partition coefficient (Wildman–Crippen LogP) is 2.31. The molecule has 2 N–H and O–H groups in total. The third-order valence-electron chi connectivity index (χ3n) is 8.20. The van der Waals surface area contributed by atoms with Crippen molar-refractivity contribution in [3.63, 3.8) is 0 Å². The van der Waals surface area contributed by atoms with Crippen molar-refractivity contribution in [2.75, 3.05) is 31.1 Å². The van der Waals surface area contributed by atoms with Crippen molar-refractivity contribution in [1.29, 1.82) is 5.26 Å². The molecule has 166 valence electrons. The summed E-state index contributed by atoms with van der Waals surface area (Å²) in [6.45, 7) is 7.90. The van der Waals surface area contributed by atoms with Gasteiger partial charge in [0.1, 0.15) is 11.7 Å². The van der Waals surface area contributed by atoms with E-state index >= 15 is 0 Å². The number of anilines is 1. The van der Waals surface area contributed by atoms with E-state index in [0.717, 1.165) is 57.1 Å². The van der Waals surface area contributed by atoms with E-state index in [9.17, 15) is 10.4 Å². The quantitative estimate of drug-likeness (QED) is 0.440. The van der Waals surface area contributed by atoms with Gasteiger partial charge in [0.15, 0.2) is 0 Å². The highest BCUT2D eigenvalue weighted by Gasteiger charge is 2.55. The number of piperazine rings is 1. The second-order valence-electron chi connectivity index (χ2n) is 10.4. The number of rotatable bonds is 4. The van der Waals surface area contributed by atoms with Crippen molar-refractivity contribution in [3.8, 4) is 6.19 Å². The molecule has 7 nitrogen and oxygen atoms in total. The molecule has 6 rings (SSSR count). The van der Waals surface area contributed by atoms with Crippen LogP contribution >= 0.6 is 0 Å². The van der Waals surface area contributed by atoms with E-state index in [-0.39, 0.29) is 6.04 Å². The summed E-state index contributed by atoms with van der Waals surface area (Å²) < 4.78 is 0. The molecular weight excluding hydrogens is 388 g/mol. The van der Waals surface area contributed by atoms with Crippen molar-refractivity contribution in [1.82, 2.24) is 15.2 Å². The zero-order valence-corrected chi connectivity index (χ0v) is 18.7. The summed E-state index contributed by atoms with van der Waals surface area (Å²) in [6.07, 6.45) is 9.15. The first kappa shape index (κ1) is 20.7. The largest absolute Gasteiger partial charge is 0.390 e. The Balaban J connectivity index is 1.23. The summed E-state index contributed by atoms with van der Waals surface area (Å²) in [6, 6.07) is 4.62. The second kappa shape index (κ2) is 8.07. The average Bonchev–Trinajstić information content (AvgIpc) is 2.74. The molecule has 4 bridgehead atoms. The Morgan fingerprint density at radius 1 is 1.23 bits per heavy atom. The molecule has 7 heteroatoms. The number of amidine groups is 1. The lowest BCUT2D eigenvalue weighted by atomic mass is 9.52. The van der Waals surface area contributed by atoms with Crippen molar-refractivity contribution in [2.24, 2.45) is 22.7 Å². The second-order valence-corrected chi connectivity index (χ2v) is 10.4. The summed E-state index contributed by atoms with van der Waals surface area (Å²) >= 11 is 0. The number of aliphatic hydroxyl groups is 1. The van der Waals surface area contributed by atoms with E-state index in [1.165, 1.54) is 18.4 Å². The molecule has 0 amide bonds. The summed E-state index contributed by atoms with van der Waals surface area (Å²) in [5.74, 6) is 3.51. The van der Waals surface area contributed by atoms with Crippen LogP contribution in [0.3, 0.4) is 0 Å². The number of nitrogens with zero attached hydrogens (tertiary/aromatic N) is 5. The first-order valence-corrected chi connectivity index (χ1v) is 11.8. The molecule has 2 heterocycles. The van der Waals surface area contributed by atoms with Gasteiger partial charge in [-0.2, -0.15) is 10.3 Å². The molecule has 31 heavy (non-hydrogen) atoms. The van der Waals surface area contributed by atoms with Gasteiger partial charge in [0.05, 0.1) is 11.6 Å². The van der Waals surface area contributed by atoms with Gasteiger partial charge < -0.3 is 15.3 Å². The third kappa shape index (κ3) is 4.04. The lowest BCUT2D eigenvalue weighted by molar-refractivity contribution is -0.136. The maximum atomic E-state index is 10.9. The molecule has 1 aromatic rings. The fourth-order valence-corrected chi connectivity index (χ4v) is 6.85. The topological polar surface area (TPSA) is 87.8 Å². The van der Waals surface area contributed by atoms with Crippen LogP contribution in [0, 0.1) is 36.1 Å². The number of aryl methyl sites for hydroxylation is 1. The van der Waals surface area contributed by atoms with Crippen LogP contribution in [0.2, 0.25) is 0 Å². The van der Waals surface area contributed by atoms with Crippen LogP contribution in [0.25, 0.3) is 0 Å². The summed E-state index contributed by atoms with van der Waals surface area (Å²) in [7, 11) is 0. The van der Waals surface area contributed by atoms with Gasteiger partial charge in [0.2, 0.25) is 6.19 Å². The van der Waals surface area contributed by atoms with Crippen LogP contribution in [0.4, 0.5) is 5.82 Å². The average molecular weight is 423 g/mol. The van der Waals surface area contributed by atoms with Gasteiger partial charge in [-0.05, 0) is 75.3 Å². The van der Waals surface area contributed by atoms with Crippen LogP contribution in [0.15, 0.2) is 23.3 Å². The smallest absolute Gasteiger partial charge is 0.207 e. The van der Waals surface area contributed by atoms with Gasteiger partial charge in [0.25, 0.3) is 0 Å². The van der Waals surface area contributed by atoms with Gasteiger partial charge >= 0.3 is 0 Å². The molecular formula is C24H34N6O. The summed E-state index contributed by atoms with van der Waals surface area (Å²) in [5, 5.41) is 24.0. The molecule has 4 aliphatic carbocycles. The van der Waals surface area contributed by atoms with Gasteiger partial charge in [-0.15, -0.1) is 0 Å². The highest BCUT2D eigenvalue weighted by Crippen LogP contribution is 2.55. The first-order chi connectivity index (χ1) is 14.9. The fraction of sp³-hybridized carbons (Fsp3) is 0.708. The minimum Gasteiger partial charge on any atom is -0.390 e. The highest BCUT2D eigenvalue weighted by molar-refractivity contribution is 5.88. The maximum Gasteiger partial charge on any atom is 0.207 e. The van der Waals surface area contributed by atoms with E-state index in [0.29, 0.717) is 23.8 Å². The number of nitriles is 1. The van der Waals surface area contributed by atoms with E-state index in [1.807, 2.05) is 12.4 Å². The number of aromatic nitrogens is 1. The number of hydrogen-bond donors (Lipinski definition) is 2. The van der Waals surface area contributed by atoms with E-state index in [4.69, 9.17) is 0 Å². The summed E-state index contributed by atoms with van der Waals surface area (Å²) in [4.78, 5) is 13.5. The SMILES string of the molecule is Cc1ccc(N2CCN(C(C)/C(=N\C#N)NC3C4CC5CC3CC(O)(C5)C4)CC2)nc1. The monoisotopic (exact) mass is 422 g/mol. The normalized spacial score (nSPS) is 36.3. The van der Waals surface area contributed by atoms with Gasteiger partial charge in [0, 0.05) is 38.4 Å². The Labute approximate surface area is 185 Å². The van der Waals surface area contributed by atoms with E-state index in [1.54, 1.807) is 0 Å². The van der Waals surface area contributed by atoms with Crippen LogP contribution < -0.4 is 10.2 Å². The van der Waals surface area contributed by atoms with Crippen molar-refractivity contribution < 1.29 is 5.11 Å². The van der Waals surface area contributed by atoms with Crippen molar-refractivity contribution in [3.05, 3.63) is 23.9 Å². The fourth-order valence-electron chi connectivity index (χ4n) is 6.85. The highest BCUT2D eigenvalue weighted by atomic mass is 16.3. The third-order valence-corrected chi connectivity index (χ3v) is 8.20. The zero-order chi connectivity index (χ0) is 21.6. The Hall–Kier alpha value is -2.17. The molecule has 1 aromatic heterocycles. The number of nitrogens with one attached hydrogen (secondary N) is 1. The lowest BCUT2D eigenvalue weighted by Crippen LogP contribution is -2.63. The van der Waals surface area contributed by atoms with Crippen LogP contribution in [-0.4, -0.2) is 64.7 Å². The molecule has 3 unspecified atom stereocenters. The summed E-state index contributed by atoms with van der Waals surface area (Å²) in [5.41, 5.74) is 0.740. The van der Waals surface area contributed by atoms with E-state index < -0.39 is 5.60 Å².